The van der Waals surface area contributed by atoms with Gasteiger partial charge in [0, 0.05) is 6.42 Å². The van der Waals surface area contributed by atoms with Crippen molar-refractivity contribution in [1.82, 2.24) is 0 Å². The lowest BCUT2D eigenvalue weighted by molar-refractivity contribution is -0.880. The molecule has 0 saturated heterocycles. The van der Waals surface area contributed by atoms with E-state index in [4.69, 9.17) is 5.11 Å². The standard InChI is InChI=1S/C17H33NO3/c1-4-7-8-9-10-16(19)15-18(12-5-2,13-6-3)14-11-17(20)21/h15H,4-14H2,1-3H3,(H-,19,20,21)/p+1/b16-15-. The highest BCUT2D eigenvalue weighted by atomic mass is 16.4. The van der Waals surface area contributed by atoms with E-state index >= 15 is 0 Å². The maximum Gasteiger partial charge on any atom is 0.309 e. The van der Waals surface area contributed by atoms with Crippen molar-refractivity contribution in [2.24, 2.45) is 0 Å². The zero-order valence-electron chi connectivity index (χ0n) is 14.1. The molecule has 0 spiro atoms. The molecule has 0 radical (unpaired) electrons. The maximum atomic E-state index is 10.9. The van der Waals surface area contributed by atoms with Gasteiger partial charge in [-0.05, 0) is 19.3 Å². The molecule has 0 aromatic carbocycles. The van der Waals surface area contributed by atoms with Crippen LogP contribution in [-0.4, -0.2) is 40.3 Å². The zero-order valence-corrected chi connectivity index (χ0v) is 14.1. The fourth-order valence-electron chi connectivity index (χ4n) is 2.85. The second-order valence-corrected chi connectivity index (χ2v) is 5.96. The summed E-state index contributed by atoms with van der Waals surface area (Å²) in [5.41, 5.74) is 0. The molecule has 0 heterocycles. The number of aliphatic hydroxyl groups excluding tert-OH is 1. The average molecular weight is 300 g/mol. The normalized spacial score (nSPS) is 12.6. The topological polar surface area (TPSA) is 57.5 Å². The van der Waals surface area contributed by atoms with Crippen LogP contribution in [0.5, 0.6) is 0 Å². The lowest BCUT2D eigenvalue weighted by Gasteiger charge is -2.34. The number of carboxylic acid groups (broad SMARTS) is 1. The second kappa shape index (κ2) is 11.6. The van der Waals surface area contributed by atoms with E-state index in [1.54, 1.807) is 0 Å². The van der Waals surface area contributed by atoms with E-state index in [1.807, 2.05) is 6.20 Å². The van der Waals surface area contributed by atoms with Gasteiger partial charge in [-0.25, -0.2) is 0 Å². The number of carboxylic acids is 1. The monoisotopic (exact) mass is 300 g/mol. The number of unbranched alkanes of at least 4 members (excludes halogenated alkanes) is 3. The Kier molecular flexibility index (Phi) is 11.0. The molecule has 4 nitrogen and oxygen atoms in total. The lowest BCUT2D eigenvalue weighted by atomic mass is 10.1. The minimum atomic E-state index is -0.763. The van der Waals surface area contributed by atoms with Gasteiger partial charge < -0.3 is 10.2 Å². The molecule has 0 fully saturated rings. The highest BCUT2D eigenvalue weighted by Crippen LogP contribution is 2.17. The summed E-state index contributed by atoms with van der Waals surface area (Å²) in [5.74, 6) is -0.334. The number of allylic oxidation sites excluding steroid dienone is 1. The Morgan fingerprint density at radius 3 is 1.95 bits per heavy atom. The first-order valence-corrected chi connectivity index (χ1v) is 8.48. The molecule has 0 aliphatic rings. The van der Waals surface area contributed by atoms with Gasteiger partial charge in [-0.15, -0.1) is 0 Å². The van der Waals surface area contributed by atoms with Crippen molar-refractivity contribution >= 4 is 5.97 Å². The van der Waals surface area contributed by atoms with Gasteiger partial charge in [-0.1, -0.05) is 40.0 Å². The molecule has 0 bridgehead atoms. The van der Waals surface area contributed by atoms with Crippen LogP contribution in [0.25, 0.3) is 0 Å². The molecule has 0 rings (SSSR count). The van der Waals surface area contributed by atoms with Gasteiger partial charge in [0.1, 0.15) is 12.0 Å². The van der Waals surface area contributed by atoms with E-state index < -0.39 is 5.97 Å². The van der Waals surface area contributed by atoms with Crippen LogP contribution >= 0.6 is 0 Å². The molecule has 124 valence electrons. The molecule has 0 aliphatic heterocycles. The Labute approximate surface area is 130 Å². The van der Waals surface area contributed by atoms with Crippen molar-refractivity contribution in [1.29, 1.82) is 0 Å². The summed E-state index contributed by atoms with van der Waals surface area (Å²) in [7, 11) is 0. The van der Waals surface area contributed by atoms with E-state index in [1.165, 1.54) is 12.8 Å². The van der Waals surface area contributed by atoms with Crippen LogP contribution in [0.3, 0.4) is 0 Å². The van der Waals surface area contributed by atoms with Gasteiger partial charge in [-0.2, -0.15) is 0 Å². The van der Waals surface area contributed by atoms with Crippen molar-refractivity contribution in [3.05, 3.63) is 12.0 Å². The molecule has 0 aromatic heterocycles. The second-order valence-electron chi connectivity index (χ2n) is 5.96. The van der Waals surface area contributed by atoms with Crippen LogP contribution in [0, 0.1) is 0 Å². The van der Waals surface area contributed by atoms with Gasteiger partial charge >= 0.3 is 5.97 Å². The number of nitrogens with zero attached hydrogens (tertiary/aromatic N) is 1. The number of aliphatic hydroxyl groups is 1. The highest BCUT2D eigenvalue weighted by Gasteiger charge is 2.25. The molecule has 0 aromatic rings. The van der Waals surface area contributed by atoms with Crippen LogP contribution in [0.4, 0.5) is 0 Å². The maximum absolute atomic E-state index is 10.9. The summed E-state index contributed by atoms with van der Waals surface area (Å²) in [6.07, 6.45) is 9.30. The summed E-state index contributed by atoms with van der Waals surface area (Å²) >= 11 is 0. The molecule has 4 heteroatoms. The molecule has 21 heavy (non-hydrogen) atoms. The number of hydrogen-bond acceptors (Lipinski definition) is 2. The third-order valence-corrected chi connectivity index (χ3v) is 3.82. The van der Waals surface area contributed by atoms with E-state index in [-0.39, 0.29) is 6.42 Å². The Morgan fingerprint density at radius 2 is 1.48 bits per heavy atom. The highest BCUT2D eigenvalue weighted by molar-refractivity contribution is 5.66. The van der Waals surface area contributed by atoms with E-state index in [0.29, 0.717) is 23.2 Å². The molecule has 2 N–H and O–H groups in total. The predicted octanol–water partition coefficient (Wildman–Crippen LogP) is 4.47. The Hall–Kier alpha value is -1.03. The van der Waals surface area contributed by atoms with E-state index in [2.05, 4.69) is 20.8 Å². The minimum absolute atomic E-state index is 0.152. The average Bonchev–Trinajstić information content (AvgIpc) is 2.42. The lowest BCUT2D eigenvalue weighted by Crippen LogP contribution is -2.46. The summed E-state index contributed by atoms with van der Waals surface area (Å²) in [5, 5.41) is 19.2. The molecular formula is C17H34NO3+. The minimum Gasteiger partial charge on any atom is -0.507 e. The first-order chi connectivity index (χ1) is 9.99. The van der Waals surface area contributed by atoms with E-state index in [9.17, 15) is 9.90 Å². The number of carbonyl (C=O) groups is 1. The van der Waals surface area contributed by atoms with Crippen molar-refractivity contribution in [3.63, 3.8) is 0 Å². The number of hydrogen-bond donors (Lipinski definition) is 2. The summed E-state index contributed by atoms with van der Waals surface area (Å²) < 4.78 is 0.596. The van der Waals surface area contributed by atoms with Crippen LogP contribution in [-0.2, 0) is 4.79 Å². The first kappa shape index (κ1) is 20.0. The molecule has 0 saturated carbocycles. The van der Waals surface area contributed by atoms with Crippen LogP contribution in [0.2, 0.25) is 0 Å². The van der Waals surface area contributed by atoms with E-state index in [0.717, 1.165) is 38.8 Å². The Morgan fingerprint density at radius 1 is 0.857 bits per heavy atom. The van der Waals surface area contributed by atoms with Gasteiger partial charge in [0.25, 0.3) is 0 Å². The third kappa shape index (κ3) is 9.51. The van der Waals surface area contributed by atoms with Gasteiger partial charge in [0.05, 0.1) is 26.1 Å². The fourth-order valence-corrected chi connectivity index (χ4v) is 2.85. The Bertz CT molecular complexity index is 307. The zero-order chi connectivity index (χ0) is 16.1. The largest absolute Gasteiger partial charge is 0.507 e. The SMILES string of the molecule is CCCCCC/C(O)=C/[N+](CCC)(CCC)CCC(=O)O. The predicted molar refractivity (Wildman–Crippen MR) is 87.2 cm³/mol. The number of quaternary nitrogens is 1. The number of aliphatic carboxylic acids is 1. The third-order valence-electron chi connectivity index (χ3n) is 3.82. The van der Waals surface area contributed by atoms with Gasteiger partial charge in [-0.3, -0.25) is 9.28 Å². The molecular weight excluding hydrogens is 266 g/mol. The Balaban J connectivity index is 4.76. The smallest absolute Gasteiger partial charge is 0.309 e. The van der Waals surface area contributed by atoms with Crippen LogP contribution in [0.15, 0.2) is 12.0 Å². The fraction of sp³-hybridized carbons (Fsp3) is 0.824. The molecule has 0 amide bonds. The van der Waals surface area contributed by atoms with Crippen molar-refractivity contribution in [3.8, 4) is 0 Å². The molecule has 0 atom stereocenters. The van der Waals surface area contributed by atoms with Crippen LogP contribution < -0.4 is 0 Å². The molecule has 0 unspecified atom stereocenters. The quantitative estimate of drug-likeness (QED) is 0.300. The van der Waals surface area contributed by atoms with Crippen molar-refractivity contribution in [2.45, 2.75) is 72.1 Å². The summed E-state index contributed by atoms with van der Waals surface area (Å²) in [4.78, 5) is 10.9. The van der Waals surface area contributed by atoms with Crippen molar-refractivity contribution < 1.29 is 19.5 Å². The molecule has 0 aliphatic carbocycles. The first-order valence-electron chi connectivity index (χ1n) is 8.48. The van der Waals surface area contributed by atoms with Crippen molar-refractivity contribution in [2.75, 3.05) is 19.6 Å². The van der Waals surface area contributed by atoms with Gasteiger partial charge in [0.2, 0.25) is 0 Å². The summed E-state index contributed by atoms with van der Waals surface area (Å²) in [6, 6.07) is 0. The van der Waals surface area contributed by atoms with Crippen LogP contribution in [0.1, 0.15) is 72.1 Å². The van der Waals surface area contributed by atoms with Gasteiger partial charge in [0.15, 0.2) is 0 Å². The number of rotatable bonds is 13. The summed E-state index contributed by atoms with van der Waals surface area (Å²) in [6.45, 7) is 8.73.